The molecule has 0 bridgehead atoms. The van der Waals surface area contributed by atoms with Crippen molar-refractivity contribution in [2.24, 2.45) is 0 Å². The number of aromatic hydroxyl groups is 1. The number of carbonyl (C=O) groups is 1. The Morgan fingerprint density at radius 3 is 2.93 bits per heavy atom. The van der Waals surface area contributed by atoms with Crippen molar-refractivity contribution in [3.63, 3.8) is 0 Å². The topological polar surface area (TPSA) is 59.3 Å². The largest absolute Gasteiger partial charge is 0.503 e. The Morgan fingerprint density at radius 1 is 1.57 bits per heavy atom. The minimum atomic E-state index is -0.387. The molecule has 74 valence electrons. The number of Topliss-reactive ketones (excluding diaryl/α,β-unsaturated/α-hetero) is 1. The number of nitrogens with zero attached hydrogens (tertiary/aromatic N) is 1. The summed E-state index contributed by atoms with van der Waals surface area (Å²) in [7, 11) is 0. The third-order valence-corrected chi connectivity index (χ3v) is 2.56. The fourth-order valence-corrected chi connectivity index (χ4v) is 1.90. The van der Waals surface area contributed by atoms with Gasteiger partial charge in [0.25, 0.3) is 5.56 Å². The van der Waals surface area contributed by atoms with E-state index in [9.17, 15) is 14.7 Å². The van der Waals surface area contributed by atoms with E-state index in [0.29, 0.717) is 12.1 Å². The molecule has 0 amide bonds. The molecule has 1 N–H and O–H groups in total. The van der Waals surface area contributed by atoms with Crippen LogP contribution in [0.4, 0.5) is 0 Å². The van der Waals surface area contributed by atoms with Crippen molar-refractivity contribution in [1.29, 1.82) is 0 Å². The predicted octanol–water partition coefficient (Wildman–Crippen LogP) is 0.703. The summed E-state index contributed by atoms with van der Waals surface area (Å²) in [5.41, 5.74) is 0.849. The van der Waals surface area contributed by atoms with Crippen LogP contribution >= 0.6 is 0 Å². The number of ketones is 1. The van der Waals surface area contributed by atoms with Gasteiger partial charge < -0.3 is 9.67 Å². The third kappa shape index (κ3) is 1.14. The number of pyridine rings is 1. The summed E-state index contributed by atoms with van der Waals surface area (Å²) >= 11 is 0. The number of rotatable bonds is 1. The van der Waals surface area contributed by atoms with Gasteiger partial charge in [-0.2, -0.15) is 0 Å². The Bertz CT molecular complexity index is 459. The Morgan fingerprint density at radius 2 is 2.29 bits per heavy atom. The lowest BCUT2D eigenvalue weighted by Gasteiger charge is -2.07. The van der Waals surface area contributed by atoms with Crippen LogP contribution in [0.15, 0.2) is 10.9 Å². The quantitative estimate of drug-likeness (QED) is 0.668. The maximum absolute atomic E-state index is 11.4. The van der Waals surface area contributed by atoms with Crippen LogP contribution in [0.3, 0.4) is 0 Å². The molecular weight excluding hydrogens is 182 g/mol. The van der Waals surface area contributed by atoms with Gasteiger partial charge in [-0.25, -0.2) is 0 Å². The molecule has 0 unspecified atom stereocenters. The highest BCUT2D eigenvalue weighted by molar-refractivity contribution is 5.95. The van der Waals surface area contributed by atoms with E-state index in [4.69, 9.17) is 0 Å². The molecule has 0 saturated carbocycles. The lowest BCUT2D eigenvalue weighted by Crippen LogP contribution is -2.21. The van der Waals surface area contributed by atoms with E-state index >= 15 is 0 Å². The highest BCUT2D eigenvalue weighted by atomic mass is 16.3. The normalized spacial score (nSPS) is 14.1. The summed E-state index contributed by atoms with van der Waals surface area (Å²) in [4.78, 5) is 22.7. The van der Waals surface area contributed by atoms with E-state index in [-0.39, 0.29) is 17.1 Å². The third-order valence-electron chi connectivity index (χ3n) is 2.56. The molecule has 1 aromatic rings. The standard InChI is InChI=1S/C10H11NO3/c1-6(12)7-5-9(13)10(14)11-4-2-3-8(7)11/h5,13H,2-4H2,1H3. The van der Waals surface area contributed by atoms with E-state index in [2.05, 4.69) is 0 Å². The number of aromatic nitrogens is 1. The molecule has 1 aromatic heterocycles. The summed E-state index contributed by atoms with van der Waals surface area (Å²) in [6, 6.07) is 1.28. The van der Waals surface area contributed by atoms with Gasteiger partial charge in [-0.1, -0.05) is 0 Å². The van der Waals surface area contributed by atoms with E-state index in [1.807, 2.05) is 0 Å². The molecule has 4 nitrogen and oxygen atoms in total. The lowest BCUT2D eigenvalue weighted by atomic mass is 10.1. The van der Waals surface area contributed by atoms with Crippen LogP contribution in [0, 0.1) is 0 Å². The first-order valence-corrected chi connectivity index (χ1v) is 4.58. The van der Waals surface area contributed by atoms with Gasteiger partial charge in [0.1, 0.15) is 0 Å². The summed E-state index contributed by atoms with van der Waals surface area (Å²) in [6.45, 7) is 2.04. The van der Waals surface area contributed by atoms with Crippen molar-refractivity contribution in [3.05, 3.63) is 27.7 Å². The SMILES string of the molecule is CC(=O)c1cc(O)c(=O)n2c1CCC2. The van der Waals surface area contributed by atoms with Gasteiger partial charge in [-0.15, -0.1) is 0 Å². The van der Waals surface area contributed by atoms with E-state index in [1.165, 1.54) is 17.6 Å². The highest BCUT2D eigenvalue weighted by Crippen LogP contribution is 2.20. The molecule has 4 heteroatoms. The molecule has 14 heavy (non-hydrogen) atoms. The minimum Gasteiger partial charge on any atom is -0.503 e. The predicted molar refractivity (Wildman–Crippen MR) is 50.7 cm³/mol. The van der Waals surface area contributed by atoms with E-state index in [0.717, 1.165) is 18.5 Å². The molecule has 0 atom stereocenters. The van der Waals surface area contributed by atoms with Gasteiger partial charge in [-0.3, -0.25) is 9.59 Å². The van der Waals surface area contributed by atoms with Crippen LogP contribution < -0.4 is 5.56 Å². The molecule has 2 heterocycles. The Labute approximate surface area is 80.8 Å². The maximum atomic E-state index is 11.4. The van der Waals surface area contributed by atoms with Crippen LogP contribution in [-0.2, 0) is 13.0 Å². The molecule has 0 aromatic carbocycles. The minimum absolute atomic E-state index is 0.106. The lowest BCUT2D eigenvalue weighted by molar-refractivity contribution is 0.101. The Kier molecular flexibility index (Phi) is 1.91. The van der Waals surface area contributed by atoms with Crippen molar-refractivity contribution in [2.45, 2.75) is 26.3 Å². The van der Waals surface area contributed by atoms with E-state index in [1.54, 1.807) is 0 Å². The molecule has 0 radical (unpaired) electrons. The van der Waals surface area contributed by atoms with Crippen LogP contribution in [0.25, 0.3) is 0 Å². The molecule has 0 aliphatic carbocycles. The molecule has 1 aliphatic heterocycles. The van der Waals surface area contributed by atoms with Gasteiger partial charge in [0.05, 0.1) is 0 Å². The zero-order valence-electron chi connectivity index (χ0n) is 7.91. The van der Waals surface area contributed by atoms with Gasteiger partial charge in [0.15, 0.2) is 11.5 Å². The van der Waals surface area contributed by atoms with Crippen molar-refractivity contribution in [1.82, 2.24) is 4.57 Å². The average Bonchev–Trinajstić information content (AvgIpc) is 2.59. The fourth-order valence-electron chi connectivity index (χ4n) is 1.90. The first kappa shape index (κ1) is 8.99. The van der Waals surface area contributed by atoms with Crippen molar-refractivity contribution < 1.29 is 9.90 Å². The monoisotopic (exact) mass is 193 g/mol. The maximum Gasteiger partial charge on any atom is 0.292 e. The fraction of sp³-hybridized carbons (Fsp3) is 0.400. The second-order valence-corrected chi connectivity index (χ2v) is 3.51. The summed E-state index contributed by atoms with van der Waals surface area (Å²) in [5.74, 6) is -0.438. The summed E-state index contributed by atoms with van der Waals surface area (Å²) in [6.07, 6.45) is 1.60. The van der Waals surface area contributed by atoms with Gasteiger partial charge in [0.2, 0.25) is 0 Å². The molecule has 0 spiro atoms. The second-order valence-electron chi connectivity index (χ2n) is 3.51. The number of hydrogen-bond acceptors (Lipinski definition) is 3. The number of fused-ring (bicyclic) bond motifs is 1. The van der Waals surface area contributed by atoms with Crippen molar-refractivity contribution in [3.8, 4) is 5.75 Å². The van der Waals surface area contributed by atoms with Gasteiger partial charge >= 0.3 is 0 Å². The molecular formula is C10H11NO3. The molecule has 0 fully saturated rings. The van der Waals surface area contributed by atoms with Crippen LogP contribution in [0.5, 0.6) is 5.75 Å². The zero-order valence-corrected chi connectivity index (χ0v) is 7.91. The van der Waals surface area contributed by atoms with Crippen molar-refractivity contribution >= 4 is 5.78 Å². The smallest absolute Gasteiger partial charge is 0.292 e. The van der Waals surface area contributed by atoms with Crippen LogP contribution in [0.1, 0.15) is 29.4 Å². The van der Waals surface area contributed by atoms with Gasteiger partial charge in [0, 0.05) is 17.8 Å². The van der Waals surface area contributed by atoms with Crippen LogP contribution in [0.2, 0.25) is 0 Å². The van der Waals surface area contributed by atoms with E-state index < -0.39 is 0 Å². The highest BCUT2D eigenvalue weighted by Gasteiger charge is 2.20. The molecule has 2 rings (SSSR count). The van der Waals surface area contributed by atoms with Crippen LogP contribution in [-0.4, -0.2) is 15.5 Å². The Balaban J connectivity index is 2.76. The molecule has 0 saturated heterocycles. The molecule has 1 aliphatic rings. The first-order chi connectivity index (χ1) is 6.61. The number of carbonyl (C=O) groups excluding carboxylic acids is 1. The summed E-state index contributed by atoms with van der Waals surface area (Å²) in [5, 5.41) is 9.33. The average molecular weight is 193 g/mol. The number of hydrogen-bond donors (Lipinski definition) is 1. The Hall–Kier alpha value is -1.58. The zero-order chi connectivity index (χ0) is 10.3. The second kappa shape index (κ2) is 2.97. The summed E-state index contributed by atoms with van der Waals surface area (Å²) < 4.78 is 1.49. The van der Waals surface area contributed by atoms with Gasteiger partial charge in [-0.05, 0) is 25.8 Å². The van der Waals surface area contributed by atoms with Crippen molar-refractivity contribution in [2.75, 3.05) is 0 Å². The first-order valence-electron chi connectivity index (χ1n) is 4.58.